The molecular weight excluding hydrogens is 434 g/mol. The second-order valence-electron chi connectivity index (χ2n) is 8.75. The van der Waals surface area contributed by atoms with Gasteiger partial charge in [-0.15, -0.1) is 0 Å². The van der Waals surface area contributed by atoms with E-state index in [0.29, 0.717) is 27.9 Å². The molecule has 34 heavy (non-hydrogen) atoms. The fourth-order valence-corrected chi connectivity index (χ4v) is 4.08. The minimum atomic E-state index is -0.438. The summed E-state index contributed by atoms with van der Waals surface area (Å²) in [5, 5.41) is 16.3. The average Bonchev–Trinajstić information content (AvgIpc) is 3.39. The van der Waals surface area contributed by atoms with Crippen LogP contribution >= 0.6 is 0 Å². The van der Waals surface area contributed by atoms with Gasteiger partial charge in [0.2, 0.25) is 0 Å². The van der Waals surface area contributed by atoms with Crippen LogP contribution < -0.4 is 0 Å². The second kappa shape index (κ2) is 8.74. The maximum Gasteiger partial charge on any atom is 0.269 e. The van der Waals surface area contributed by atoms with Crippen LogP contribution in [0.1, 0.15) is 60.3 Å². The van der Waals surface area contributed by atoms with Gasteiger partial charge < -0.3 is 9.32 Å². The number of aryl methyl sites for hydroxylation is 2. The molecule has 9 nitrogen and oxygen atoms in total. The van der Waals surface area contributed by atoms with Crippen molar-refractivity contribution in [3.05, 3.63) is 75.4 Å². The predicted molar refractivity (Wildman–Crippen MR) is 129 cm³/mol. The molecule has 0 saturated carbocycles. The fraction of sp³-hybridized carbons (Fsp3) is 0.320. The molecule has 4 aromatic rings. The Morgan fingerprint density at radius 1 is 1.18 bits per heavy atom. The third-order valence-corrected chi connectivity index (χ3v) is 6.07. The molecule has 1 amide bonds. The number of carbonyl (C=O) groups excluding carboxylic acids is 1. The van der Waals surface area contributed by atoms with E-state index in [4.69, 9.17) is 9.40 Å². The third-order valence-electron chi connectivity index (χ3n) is 6.07. The Kier molecular flexibility index (Phi) is 5.95. The van der Waals surface area contributed by atoms with E-state index in [-0.39, 0.29) is 17.6 Å². The van der Waals surface area contributed by atoms with Crippen LogP contribution in [-0.4, -0.2) is 37.5 Å². The lowest BCUT2D eigenvalue weighted by molar-refractivity contribution is -0.384. The number of benzene rings is 1. The van der Waals surface area contributed by atoms with Crippen molar-refractivity contribution in [2.75, 3.05) is 7.05 Å². The van der Waals surface area contributed by atoms with Crippen molar-refractivity contribution in [1.29, 1.82) is 0 Å². The molecular formula is C25H27N5O4. The highest BCUT2D eigenvalue weighted by molar-refractivity contribution is 6.06. The van der Waals surface area contributed by atoms with E-state index < -0.39 is 11.0 Å². The topological polar surface area (TPSA) is 107 Å². The van der Waals surface area contributed by atoms with Gasteiger partial charge in [-0.3, -0.25) is 14.9 Å². The number of aromatic nitrogens is 3. The lowest BCUT2D eigenvalue weighted by Gasteiger charge is -2.26. The number of furan rings is 1. The molecule has 0 spiro atoms. The normalized spacial score (nSPS) is 12.3. The summed E-state index contributed by atoms with van der Waals surface area (Å²) in [6.07, 6.45) is 1.67. The van der Waals surface area contributed by atoms with Gasteiger partial charge in [0.05, 0.1) is 33.8 Å². The van der Waals surface area contributed by atoms with Crippen molar-refractivity contribution in [2.45, 2.75) is 46.7 Å². The third kappa shape index (κ3) is 4.05. The highest BCUT2D eigenvalue weighted by Gasteiger charge is 2.25. The lowest BCUT2D eigenvalue weighted by atomic mass is 10.0. The summed E-state index contributed by atoms with van der Waals surface area (Å²) in [5.41, 5.74) is 3.19. The van der Waals surface area contributed by atoms with Crippen molar-refractivity contribution in [2.24, 2.45) is 0 Å². The molecule has 0 aliphatic rings. The summed E-state index contributed by atoms with van der Waals surface area (Å²) >= 11 is 0. The molecule has 4 rings (SSSR count). The zero-order valence-corrected chi connectivity index (χ0v) is 20.1. The lowest BCUT2D eigenvalue weighted by Crippen LogP contribution is -2.30. The summed E-state index contributed by atoms with van der Waals surface area (Å²) in [5.74, 6) is 1.25. The smallest absolute Gasteiger partial charge is 0.269 e. The Bertz CT molecular complexity index is 1400. The van der Waals surface area contributed by atoms with Crippen LogP contribution in [0.25, 0.3) is 22.3 Å². The number of nitro groups is 1. The van der Waals surface area contributed by atoms with E-state index in [2.05, 4.69) is 5.10 Å². The van der Waals surface area contributed by atoms with Gasteiger partial charge in [-0.25, -0.2) is 9.67 Å². The molecule has 1 aromatic carbocycles. The maximum absolute atomic E-state index is 13.7. The maximum atomic E-state index is 13.7. The minimum absolute atomic E-state index is 0.0113. The van der Waals surface area contributed by atoms with E-state index in [1.165, 1.54) is 12.1 Å². The van der Waals surface area contributed by atoms with E-state index in [1.807, 2.05) is 40.7 Å². The number of nitro benzene ring substituents is 1. The van der Waals surface area contributed by atoms with Crippen molar-refractivity contribution >= 4 is 22.6 Å². The van der Waals surface area contributed by atoms with Crippen LogP contribution in [-0.2, 0) is 0 Å². The summed E-state index contributed by atoms with van der Waals surface area (Å²) in [4.78, 5) is 30.9. The fourth-order valence-electron chi connectivity index (χ4n) is 4.08. The predicted octanol–water partition coefficient (Wildman–Crippen LogP) is 5.63. The monoisotopic (exact) mass is 461 g/mol. The van der Waals surface area contributed by atoms with Gasteiger partial charge in [0.15, 0.2) is 5.65 Å². The number of rotatable bonds is 6. The summed E-state index contributed by atoms with van der Waals surface area (Å²) in [6, 6.07) is 9.68. The van der Waals surface area contributed by atoms with Gasteiger partial charge in [-0.1, -0.05) is 12.1 Å². The van der Waals surface area contributed by atoms with E-state index >= 15 is 0 Å². The van der Waals surface area contributed by atoms with Crippen LogP contribution in [0, 0.1) is 24.0 Å². The van der Waals surface area contributed by atoms with Crippen molar-refractivity contribution in [1.82, 2.24) is 19.7 Å². The molecule has 0 N–H and O–H groups in total. The first-order chi connectivity index (χ1) is 16.1. The second-order valence-corrected chi connectivity index (χ2v) is 8.75. The standard InChI is InChI=1S/C25H27N5O4/c1-14(2)29-24-22(13-26-29)21(12-23(27-24)20-10-15(3)34-17(20)5)25(31)28(6)16(4)18-8-7-9-19(11-18)30(32)33/h7-14,16H,1-6H3. The van der Waals surface area contributed by atoms with E-state index in [0.717, 1.165) is 17.1 Å². The molecule has 1 atom stereocenters. The first-order valence-corrected chi connectivity index (χ1v) is 11.1. The Labute approximate surface area is 197 Å². The summed E-state index contributed by atoms with van der Waals surface area (Å²) in [7, 11) is 1.69. The Hall–Kier alpha value is -4.01. The Morgan fingerprint density at radius 2 is 1.91 bits per heavy atom. The molecule has 3 aromatic heterocycles. The summed E-state index contributed by atoms with van der Waals surface area (Å²) < 4.78 is 7.50. The highest BCUT2D eigenvalue weighted by atomic mass is 16.6. The molecule has 1 unspecified atom stereocenters. The number of hydrogen-bond donors (Lipinski definition) is 0. The van der Waals surface area contributed by atoms with Crippen LogP contribution in [0.3, 0.4) is 0 Å². The van der Waals surface area contributed by atoms with Gasteiger partial charge in [-0.05, 0) is 52.3 Å². The summed E-state index contributed by atoms with van der Waals surface area (Å²) in [6.45, 7) is 9.59. The first-order valence-electron chi connectivity index (χ1n) is 11.1. The average molecular weight is 462 g/mol. The molecule has 0 saturated heterocycles. The number of hydrogen-bond acceptors (Lipinski definition) is 6. The van der Waals surface area contributed by atoms with Crippen molar-refractivity contribution in [3.8, 4) is 11.3 Å². The molecule has 0 bridgehead atoms. The molecule has 9 heteroatoms. The van der Waals surface area contributed by atoms with Gasteiger partial charge in [-0.2, -0.15) is 5.10 Å². The molecule has 0 aliphatic heterocycles. The molecule has 0 fully saturated rings. The Balaban J connectivity index is 1.82. The molecule has 176 valence electrons. The van der Waals surface area contributed by atoms with Crippen molar-refractivity contribution in [3.63, 3.8) is 0 Å². The van der Waals surface area contributed by atoms with Crippen LogP contribution in [0.4, 0.5) is 5.69 Å². The number of pyridine rings is 1. The molecule has 0 aliphatic carbocycles. The number of non-ortho nitro benzene ring substituents is 1. The number of fused-ring (bicyclic) bond motifs is 1. The Morgan fingerprint density at radius 3 is 2.53 bits per heavy atom. The van der Waals surface area contributed by atoms with Gasteiger partial charge in [0.25, 0.3) is 11.6 Å². The number of amides is 1. The zero-order valence-electron chi connectivity index (χ0n) is 20.1. The van der Waals surface area contributed by atoms with Crippen molar-refractivity contribution < 1.29 is 14.1 Å². The quantitative estimate of drug-likeness (QED) is 0.272. The van der Waals surface area contributed by atoms with E-state index in [9.17, 15) is 14.9 Å². The SMILES string of the molecule is Cc1cc(-c2cc(C(=O)N(C)C(C)c3cccc([N+](=O)[O-])c3)c3cnn(C(C)C)c3n2)c(C)o1. The zero-order chi connectivity index (χ0) is 24.7. The first kappa shape index (κ1) is 23.2. The van der Waals surface area contributed by atoms with Gasteiger partial charge in [0, 0.05) is 30.8 Å². The van der Waals surface area contributed by atoms with Gasteiger partial charge in [0.1, 0.15) is 11.5 Å². The minimum Gasteiger partial charge on any atom is -0.466 e. The van der Waals surface area contributed by atoms with Crippen LogP contribution in [0.5, 0.6) is 0 Å². The number of carbonyl (C=O) groups is 1. The molecule has 0 radical (unpaired) electrons. The van der Waals surface area contributed by atoms with Crippen LogP contribution in [0.2, 0.25) is 0 Å². The van der Waals surface area contributed by atoms with Gasteiger partial charge >= 0.3 is 0 Å². The van der Waals surface area contributed by atoms with Crippen LogP contribution in [0.15, 0.2) is 47.0 Å². The molecule has 3 heterocycles. The highest BCUT2D eigenvalue weighted by Crippen LogP contribution is 2.32. The largest absolute Gasteiger partial charge is 0.466 e. The number of nitrogens with zero attached hydrogens (tertiary/aromatic N) is 5. The van der Waals surface area contributed by atoms with E-state index in [1.54, 1.807) is 41.0 Å².